The molecule has 1 heterocycles. The van der Waals surface area contributed by atoms with Gasteiger partial charge in [0.15, 0.2) is 0 Å². The first-order valence-corrected chi connectivity index (χ1v) is 6.84. The van der Waals surface area contributed by atoms with Gasteiger partial charge < -0.3 is 10.6 Å². The maximum Gasteiger partial charge on any atom is 0.132 e. The molecule has 0 saturated carbocycles. The summed E-state index contributed by atoms with van der Waals surface area (Å²) in [7, 11) is 0. The van der Waals surface area contributed by atoms with E-state index in [1.54, 1.807) is 0 Å². The summed E-state index contributed by atoms with van der Waals surface area (Å²) in [5.41, 5.74) is 0.0670. The van der Waals surface area contributed by atoms with Crippen molar-refractivity contribution >= 4 is 11.6 Å². The number of hydrogen-bond donors (Lipinski definition) is 2. The van der Waals surface area contributed by atoms with Crippen LogP contribution in [0.1, 0.15) is 52.8 Å². The molecule has 1 aromatic heterocycles. The molecule has 0 fully saturated rings. The van der Waals surface area contributed by atoms with Crippen LogP contribution in [-0.4, -0.2) is 22.1 Å². The fourth-order valence-electron chi connectivity index (χ4n) is 2.01. The predicted octanol–water partition coefficient (Wildman–Crippen LogP) is 3.60. The van der Waals surface area contributed by atoms with E-state index >= 15 is 0 Å². The van der Waals surface area contributed by atoms with Crippen LogP contribution in [0, 0.1) is 6.92 Å². The molecule has 0 amide bonds. The second-order valence-corrected chi connectivity index (χ2v) is 5.37. The van der Waals surface area contributed by atoms with Gasteiger partial charge in [0, 0.05) is 18.2 Å². The van der Waals surface area contributed by atoms with Crippen LogP contribution < -0.4 is 10.6 Å². The molecule has 0 aliphatic rings. The standard InChI is InChI=1S/C14H26N4/c1-6-8-14(4,5)18-13-10-12(15-9-7-2)16-11(3)17-13/h10H,6-9H2,1-5H3,(H2,15,16,17,18). The van der Waals surface area contributed by atoms with Crippen LogP contribution >= 0.6 is 0 Å². The van der Waals surface area contributed by atoms with Gasteiger partial charge in [-0.15, -0.1) is 0 Å². The third-order valence-corrected chi connectivity index (χ3v) is 2.74. The monoisotopic (exact) mass is 250 g/mol. The van der Waals surface area contributed by atoms with Gasteiger partial charge in [0.25, 0.3) is 0 Å². The minimum atomic E-state index is 0.0670. The highest BCUT2D eigenvalue weighted by Crippen LogP contribution is 2.19. The van der Waals surface area contributed by atoms with Gasteiger partial charge in [-0.1, -0.05) is 20.3 Å². The quantitative estimate of drug-likeness (QED) is 0.776. The minimum absolute atomic E-state index is 0.0670. The Kier molecular flexibility index (Phi) is 5.38. The van der Waals surface area contributed by atoms with Crippen molar-refractivity contribution < 1.29 is 0 Å². The molecular weight excluding hydrogens is 224 g/mol. The van der Waals surface area contributed by atoms with Gasteiger partial charge in [-0.2, -0.15) is 0 Å². The first-order chi connectivity index (χ1) is 8.46. The molecule has 4 nitrogen and oxygen atoms in total. The maximum absolute atomic E-state index is 4.45. The maximum atomic E-state index is 4.45. The Balaban J connectivity index is 2.79. The lowest BCUT2D eigenvalue weighted by Gasteiger charge is -2.26. The van der Waals surface area contributed by atoms with E-state index in [9.17, 15) is 0 Å². The fourth-order valence-corrected chi connectivity index (χ4v) is 2.01. The Morgan fingerprint density at radius 2 is 1.78 bits per heavy atom. The number of nitrogens with one attached hydrogen (secondary N) is 2. The van der Waals surface area contributed by atoms with E-state index in [0.717, 1.165) is 43.3 Å². The molecule has 0 aromatic carbocycles. The number of anilines is 2. The largest absolute Gasteiger partial charge is 0.370 e. The number of nitrogens with zero attached hydrogens (tertiary/aromatic N) is 2. The Morgan fingerprint density at radius 1 is 1.11 bits per heavy atom. The van der Waals surface area contributed by atoms with E-state index in [-0.39, 0.29) is 5.54 Å². The minimum Gasteiger partial charge on any atom is -0.370 e. The molecule has 0 aliphatic heterocycles. The highest BCUT2D eigenvalue weighted by atomic mass is 15.1. The van der Waals surface area contributed by atoms with E-state index in [4.69, 9.17) is 0 Å². The van der Waals surface area contributed by atoms with Gasteiger partial charge in [0.05, 0.1) is 0 Å². The summed E-state index contributed by atoms with van der Waals surface area (Å²) in [5.74, 6) is 2.60. The number of hydrogen-bond acceptors (Lipinski definition) is 4. The molecule has 1 aromatic rings. The lowest BCUT2D eigenvalue weighted by molar-refractivity contribution is 0.509. The molecule has 1 rings (SSSR count). The van der Waals surface area contributed by atoms with Gasteiger partial charge in [0.2, 0.25) is 0 Å². The van der Waals surface area contributed by atoms with Crippen LogP contribution in [0.15, 0.2) is 6.07 Å². The van der Waals surface area contributed by atoms with Crippen LogP contribution in [0.5, 0.6) is 0 Å². The van der Waals surface area contributed by atoms with Crippen LogP contribution in [0.4, 0.5) is 11.6 Å². The summed E-state index contributed by atoms with van der Waals surface area (Å²) in [6, 6.07) is 1.99. The second-order valence-electron chi connectivity index (χ2n) is 5.37. The number of rotatable bonds is 7. The predicted molar refractivity (Wildman–Crippen MR) is 78.2 cm³/mol. The van der Waals surface area contributed by atoms with Crippen LogP contribution in [0.25, 0.3) is 0 Å². The molecule has 2 N–H and O–H groups in total. The van der Waals surface area contributed by atoms with E-state index in [1.165, 1.54) is 0 Å². The van der Waals surface area contributed by atoms with Gasteiger partial charge >= 0.3 is 0 Å². The molecule has 0 unspecified atom stereocenters. The Bertz CT molecular complexity index is 374. The molecule has 0 atom stereocenters. The van der Waals surface area contributed by atoms with Gasteiger partial charge in [-0.25, -0.2) is 9.97 Å². The highest BCUT2D eigenvalue weighted by Gasteiger charge is 2.17. The number of aromatic nitrogens is 2. The molecule has 0 saturated heterocycles. The van der Waals surface area contributed by atoms with Crippen molar-refractivity contribution in [2.75, 3.05) is 17.2 Å². The highest BCUT2D eigenvalue weighted by molar-refractivity contribution is 5.48. The first-order valence-electron chi connectivity index (χ1n) is 6.84. The van der Waals surface area contributed by atoms with Gasteiger partial charge in [-0.05, 0) is 33.6 Å². The van der Waals surface area contributed by atoms with Gasteiger partial charge in [0.1, 0.15) is 17.5 Å². The lowest BCUT2D eigenvalue weighted by Crippen LogP contribution is -2.31. The SMILES string of the molecule is CCCNc1cc(NC(C)(C)CCC)nc(C)n1. The van der Waals surface area contributed by atoms with Crippen LogP contribution in [0.3, 0.4) is 0 Å². The molecular formula is C14H26N4. The second kappa shape index (κ2) is 6.57. The van der Waals surface area contributed by atoms with E-state index < -0.39 is 0 Å². The topological polar surface area (TPSA) is 49.8 Å². The lowest BCUT2D eigenvalue weighted by atomic mass is 9.99. The Labute approximate surface area is 111 Å². The Hall–Kier alpha value is -1.32. The van der Waals surface area contributed by atoms with E-state index in [1.807, 2.05) is 13.0 Å². The molecule has 0 aliphatic carbocycles. The molecule has 0 bridgehead atoms. The smallest absolute Gasteiger partial charge is 0.132 e. The molecule has 0 radical (unpaired) electrons. The van der Waals surface area contributed by atoms with Crippen molar-refractivity contribution in [1.82, 2.24) is 9.97 Å². The van der Waals surface area contributed by atoms with Crippen molar-refractivity contribution in [3.8, 4) is 0 Å². The molecule has 18 heavy (non-hydrogen) atoms. The van der Waals surface area contributed by atoms with Crippen molar-refractivity contribution in [1.29, 1.82) is 0 Å². The molecule has 102 valence electrons. The third kappa shape index (κ3) is 4.90. The summed E-state index contributed by atoms with van der Waals surface area (Å²) in [6.45, 7) is 11.6. The zero-order valence-electron chi connectivity index (χ0n) is 12.3. The zero-order valence-corrected chi connectivity index (χ0v) is 12.3. The molecule has 4 heteroatoms. The van der Waals surface area contributed by atoms with E-state index in [2.05, 4.69) is 48.3 Å². The van der Waals surface area contributed by atoms with Crippen molar-refractivity contribution in [3.63, 3.8) is 0 Å². The molecule has 0 spiro atoms. The first kappa shape index (κ1) is 14.7. The average molecular weight is 250 g/mol. The van der Waals surface area contributed by atoms with Crippen LogP contribution in [0.2, 0.25) is 0 Å². The summed E-state index contributed by atoms with van der Waals surface area (Å²) in [5, 5.41) is 6.79. The van der Waals surface area contributed by atoms with Crippen molar-refractivity contribution in [3.05, 3.63) is 11.9 Å². The van der Waals surface area contributed by atoms with E-state index in [0.29, 0.717) is 0 Å². The fraction of sp³-hybridized carbons (Fsp3) is 0.714. The number of aryl methyl sites for hydroxylation is 1. The third-order valence-electron chi connectivity index (χ3n) is 2.74. The van der Waals surface area contributed by atoms with Crippen molar-refractivity contribution in [2.24, 2.45) is 0 Å². The average Bonchev–Trinajstić information content (AvgIpc) is 2.24. The summed E-state index contributed by atoms with van der Waals surface area (Å²) < 4.78 is 0. The summed E-state index contributed by atoms with van der Waals surface area (Å²) in [6.07, 6.45) is 3.37. The zero-order chi connectivity index (χ0) is 13.6. The van der Waals surface area contributed by atoms with Crippen LogP contribution in [-0.2, 0) is 0 Å². The van der Waals surface area contributed by atoms with Crippen molar-refractivity contribution in [2.45, 2.75) is 59.4 Å². The summed E-state index contributed by atoms with van der Waals surface area (Å²) in [4.78, 5) is 8.83. The van der Waals surface area contributed by atoms with Gasteiger partial charge in [-0.3, -0.25) is 0 Å². The normalized spacial score (nSPS) is 11.4. The summed E-state index contributed by atoms with van der Waals surface area (Å²) >= 11 is 0. The Morgan fingerprint density at radius 3 is 2.39 bits per heavy atom.